The Hall–Kier alpha value is -3.35. The zero-order chi connectivity index (χ0) is 16.7. The largest absolute Gasteiger partial charge is 0.357 e. The number of hydrogen-bond donors (Lipinski definition) is 4. The van der Waals surface area contributed by atoms with E-state index in [1.54, 1.807) is 55.7 Å². The molecule has 0 atom stereocenters. The molecule has 0 saturated carbocycles. The number of rotatable bonds is 4. The number of hydrazine groups is 1. The molecule has 0 fully saturated rings. The lowest BCUT2D eigenvalue weighted by molar-refractivity contribution is -0.117. The molecule has 0 aliphatic carbocycles. The van der Waals surface area contributed by atoms with Gasteiger partial charge < -0.3 is 10.3 Å². The Balaban J connectivity index is 1.86. The van der Waals surface area contributed by atoms with Crippen LogP contribution in [0.3, 0.4) is 0 Å². The highest BCUT2D eigenvalue weighted by Gasteiger charge is 2.05. The van der Waals surface area contributed by atoms with Crippen LogP contribution in [0.5, 0.6) is 0 Å². The lowest BCUT2D eigenvalue weighted by Crippen LogP contribution is -2.40. The molecule has 7 nitrogen and oxygen atoms in total. The summed E-state index contributed by atoms with van der Waals surface area (Å²) < 4.78 is 0. The van der Waals surface area contributed by atoms with Gasteiger partial charge in [-0.15, -0.1) is 0 Å². The molecule has 1 aromatic heterocycles. The summed E-state index contributed by atoms with van der Waals surface area (Å²) >= 11 is 0. The molecule has 0 unspecified atom stereocenters. The van der Waals surface area contributed by atoms with E-state index in [1.165, 1.54) is 6.08 Å². The first-order valence-corrected chi connectivity index (χ1v) is 6.84. The number of aromatic nitrogens is 1. The summed E-state index contributed by atoms with van der Waals surface area (Å²) in [6.07, 6.45) is 4.47. The highest BCUT2D eigenvalue weighted by Crippen LogP contribution is 2.06. The topological polar surface area (TPSA) is 103 Å². The van der Waals surface area contributed by atoms with Crippen LogP contribution < -0.4 is 16.2 Å². The zero-order valence-corrected chi connectivity index (χ0v) is 12.4. The molecule has 0 radical (unpaired) electrons. The van der Waals surface area contributed by atoms with Crippen molar-refractivity contribution in [3.05, 3.63) is 65.5 Å². The molecule has 0 spiro atoms. The minimum atomic E-state index is -0.472. The molecule has 0 bridgehead atoms. The van der Waals surface area contributed by atoms with Gasteiger partial charge in [-0.3, -0.25) is 25.2 Å². The van der Waals surface area contributed by atoms with Crippen LogP contribution >= 0.6 is 0 Å². The van der Waals surface area contributed by atoms with Crippen molar-refractivity contribution in [3.63, 3.8) is 0 Å². The van der Waals surface area contributed by atoms with Gasteiger partial charge in [0, 0.05) is 24.9 Å². The van der Waals surface area contributed by atoms with E-state index in [0.29, 0.717) is 11.3 Å². The summed E-state index contributed by atoms with van der Waals surface area (Å²) in [6, 6.07) is 10.0. The second-order valence-electron chi connectivity index (χ2n) is 4.56. The summed E-state index contributed by atoms with van der Waals surface area (Å²) in [7, 11) is 1.56. The van der Waals surface area contributed by atoms with E-state index in [-0.39, 0.29) is 5.91 Å². The van der Waals surface area contributed by atoms with Crippen molar-refractivity contribution in [1.82, 2.24) is 21.2 Å². The minimum Gasteiger partial charge on any atom is -0.357 e. The van der Waals surface area contributed by atoms with Gasteiger partial charge in [-0.25, -0.2) is 0 Å². The lowest BCUT2D eigenvalue weighted by atomic mass is 10.1. The van der Waals surface area contributed by atoms with Gasteiger partial charge in [0.25, 0.3) is 17.7 Å². The van der Waals surface area contributed by atoms with Crippen LogP contribution in [0.25, 0.3) is 6.08 Å². The SMILES string of the molecule is CNC(=O)c1ccc(/C=C/C(=O)NNC(=O)c2ccc[nH]2)cc1. The number of aromatic amines is 1. The molecule has 1 aromatic carbocycles. The molecule has 23 heavy (non-hydrogen) atoms. The van der Waals surface area contributed by atoms with E-state index in [4.69, 9.17) is 0 Å². The fourth-order valence-corrected chi connectivity index (χ4v) is 1.76. The van der Waals surface area contributed by atoms with Crippen molar-refractivity contribution in [2.75, 3.05) is 7.05 Å². The van der Waals surface area contributed by atoms with Crippen LogP contribution in [0.2, 0.25) is 0 Å². The van der Waals surface area contributed by atoms with Crippen LogP contribution in [0.4, 0.5) is 0 Å². The van der Waals surface area contributed by atoms with Crippen molar-refractivity contribution >= 4 is 23.8 Å². The van der Waals surface area contributed by atoms with Crippen LogP contribution in [0, 0.1) is 0 Å². The van der Waals surface area contributed by atoms with Gasteiger partial charge in [-0.05, 0) is 35.9 Å². The van der Waals surface area contributed by atoms with Crippen molar-refractivity contribution in [1.29, 1.82) is 0 Å². The molecule has 0 saturated heterocycles. The molecule has 7 heteroatoms. The summed E-state index contributed by atoms with van der Waals surface area (Å²) in [5.41, 5.74) is 6.18. The van der Waals surface area contributed by atoms with Crippen molar-refractivity contribution in [2.24, 2.45) is 0 Å². The van der Waals surface area contributed by atoms with Crippen LogP contribution in [-0.2, 0) is 4.79 Å². The van der Waals surface area contributed by atoms with E-state index in [1.807, 2.05) is 0 Å². The predicted molar refractivity (Wildman–Crippen MR) is 85.3 cm³/mol. The lowest BCUT2D eigenvalue weighted by Gasteiger charge is -2.03. The molecular formula is C16H16N4O3. The van der Waals surface area contributed by atoms with Gasteiger partial charge in [0.05, 0.1) is 0 Å². The molecule has 118 valence electrons. The van der Waals surface area contributed by atoms with Crippen molar-refractivity contribution in [3.8, 4) is 0 Å². The van der Waals surface area contributed by atoms with Gasteiger partial charge in [0.15, 0.2) is 0 Å². The highest BCUT2D eigenvalue weighted by atomic mass is 16.2. The average Bonchev–Trinajstić information content (AvgIpc) is 3.12. The molecule has 2 rings (SSSR count). The first kappa shape index (κ1) is 16.0. The Morgan fingerprint density at radius 1 is 1.00 bits per heavy atom. The third-order valence-corrected chi connectivity index (χ3v) is 2.97. The maximum absolute atomic E-state index is 11.6. The van der Waals surface area contributed by atoms with Gasteiger partial charge in [-0.1, -0.05) is 12.1 Å². The number of H-pyrrole nitrogens is 1. The predicted octanol–water partition coefficient (Wildman–Crippen LogP) is 0.849. The number of nitrogens with one attached hydrogen (secondary N) is 4. The third kappa shape index (κ3) is 4.57. The van der Waals surface area contributed by atoms with Gasteiger partial charge in [0.2, 0.25) is 0 Å². The summed E-state index contributed by atoms with van der Waals surface area (Å²) in [6.45, 7) is 0. The maximum atomic E-state index is 11.6. The first-order valence-electron chi connectivity index (χ1n) is 6.84. The Morgan fingerprint density at radius 2 is 1.74 bits per heavy atom. The smallest absolute Gasteiger partial charge is 0.286 e. The average molecular weight is 312 g/mol. The summed E-state index contributed by atoms with van der Waals surface area (Å²) in [4.78, 5) is 37.3. The van der Waals surface area contributed by atoms with E-state index < -0.39 is 11.8 Å². The van der Waals surface area contributed by atoms with Gasteiger partial charge in [-0.2, -0.15) is 0 Å². The highest BCUT2D eigenvalue weighted by molar-refractivity contribution is 5.97. The van der Waals surface area contributed by atoms with Gasteiger partial charge in [0.1, 0.15) is 5.69 Å². The number of amides is 3. The standard InChI is InChI=1S/C16H16N4O3/c1-17-15(22)12-7-4-11(5-8-12)6-9-14(21)19-20-16(23)13-3-2-10-18-13/h2-10,18H,1H3,(H,17,22)(H,19,21)(H,20,23)/b9-6+. The van der Waals surface area contributed by atoms with Crippen molar-refractivity contribution in [2.45, 2.75) is 0 Å². The number of carbonyl (C=O) groups is 3. The van der Waals surface area contributed by atoms with E-state index in [9.17, 15) is 14.4 Å². The Kier molecular flexibility index (Phi) is 5.30. The Morgan fingerprint density at radius 3 is 2.35 bits per heavy atom. The van der Waals surface area contributed by atoms with Crippen LogP contribution in [0.15, 0.2) is 48.7 Å². The molecular weight excluding hydrogens is 296 g/mol. The normalized spacial score (nSPS) is 10.3. The zero-order valence-electron chi connectivity index (χ0n) is 12.4. The van der Waals surface area contributed by atoms with Crippen LogP contribution in [0.1, 0.15) is 26.4 Å². The monoisotopic (exact) mass is 312 g/mol. The van der Waals surface area contributed by atoms with E-state index in [0.717, 1.165) is 5.56 Å². The molecule has 0 aliphatic rings. The Bertz CT molecular complexity index is 718. The fraction of sp³-hybridized carbons (Fsp3) is 0.0625. The maximum Gasteiger partial charge on any atom is 0.286 e. The second kappa shape index (κ2) is 7.60. The summed E-state index contributed by atoms with van der Waals surface area (Å²) in [5, 5.41) is 2.53. The third-order valence-electron chi connectivity index (χ3n) is 2.97. The molecule has 0 aliphatic heterocycles. The number of benzene rings is 1. The number of carbonyl (C=O) groups excluding carboxylic acids is 3. The van der Waals surface area contributed by atoms with E-state index in [2.05, 4.69) is 21.2 Å². The Labute approximate surface area is 132 Å². The quantitative estimate of drug-likeness (QED) is 0.497. The molecule has 2 aromatic rings. The fourth-order valence-electron chi connectivity index (χ4n) is 1.76. The molecule has 3 amide bonds. The van der Waals surface area contributed by atoms with E-state index >= 15 is 0 Å². The minimum absolute atomic E-state index is 0.176. The summed E-state index contributed by atoms with van der Waals surface area (Å²) in [5.74, 6) is -1.09. The number of hydrogen-bond acceptors (Lipinski definition) is 3. The van der Waals surface area contributed by atoms with Crippen LogP contribution in [-0.4, -0.2) is 29.8 Å². The molecule has 1 heterocycles. The first-order chi connectivity index (χ1) is 11.1. The molecule has 4 N–H and O–H groups in total. The van der Waals surface area contributed by atoms with Gasteiger partial charge >= 0.3 is 0 Å². The second-order valence-corrected chi connectivity index (χ2v) is 4.56. The van der Waals surface area contributed by atoms with Crippen molar-refractivity contribution < 1.29 is 14.4 Å².